The molecule has 0 radical (unpaired) electrons. The van der Waals surface area contributed by atoms with Gasteiger partial charge in [-0.2, -0.15) is 5.10 Å². The van der Waals surface area contributed by atoms with E-state index in [9.17, 15) is 8.78 Å². The van der Waals surface area contributed by atoms with Crippen molar-refractivity contribution in [1.29, 1.82) is 0 Å². The molecule has 84 valence electrons. The number of aromatic nitrogens is 2. The Kier molecular flexibility index (Phi) is 1.98. The highest BCUT2D eigenvalue weighted by molar-refractivity contribution is 9.10. The zero-order valence-corrected chi connectivity index (χ0v) is 9.79. The van der Waals surface area contributed by atoms with Gasteiger partial charge in [-0.15, -0.1) is 0 Å². The largest absolute Gasteiger partial charge is 0.344 e. The molecule has 0 aromatic carbocycles. The Hall–Kier alpha value is -1.17. The molecule has 3 rings (SSSR count). The molecule has 3 nitrogen and oxygen atoms in total. The number of fused-ring (bicyclic) bond motifs is 1. The third-order valence-electron chi connectivity index (χ3n) is 2.61. The van der Waals surface area contributed by atoms with Gasteiger partial charge in [0.2, 0.25) is 0 Å². The Morgan fingerprint density at radius 1 is 1.31 bits per heavy atom. The number of nitrogens with zero attached hydrogens (tertiary/aromatic N) is 3. The van der Waals surface area contributed by atoms with Crippen molar-refractivity contribution in [2.45, 2.75) is 5.92 Å². The Morgan fingerprint density at radius 3 is 2.75 bits per heavy atom. The summed E-state index contributed by atoms with van der Waals surface area (Å²) in [6.45, 7) is -0.475. The zero-order chi connectivity index (χ0) is 11.3. The van der Waals surface area contributed by atoms with Crippen LogP contribution in [0.3, 0.4) is 0 Å². The zero-order valence-electron chi connectivity index (χ0n) is 8.20. The molecule has 1 aliphatic heterocycles. The number of alkyl halides is 2. The first kappa shape index (κ1) is 10.0. The van der Waals surface area contributed by atoms with E-state index >= 15 is 0 Å². The number of hydrogen-bond acceptors (Lipinski definition) is 2. The molecule has 2 aromatic heterocycles. The van der Waals surface area contributed by atoms with Crippen molar-refractivity contribution in [3.63, 3.8) is 0 Å². The molecule has 2 aromatic rings. The van der Waals surface area contributed by atoms with Crippen LogP contribution in [0.25, 0.3) is 5.52 Å². The van der Waals surface area contributed by atoms with Crippen molar-refractivity contribution in [2.75, 3.05) is 18.0 Å². The Bertz CT molecular complexity index is 544. The minimum absolute atomic E-state index is 0.238. The fourth-order valence-corrected chi connectivity index (χ4v) is 2.32. The molecule has 1 aliphatic rings. The summed E-state index contributed by atoms with van der Waals surface area (Å²) in [6.07, 6.45) is 1.66. The van der Waals surface area contributed by atoms with E-state index in [0.29, 0.717) is 5.82 Å². The fraction of sp³-hybridized carbons (Fsp3) is 0.300. The Morgan fingerprint density at radius 2 is 2.06 bits per heavy atom. The van der Waals surface area contributed by atoms with Crippen molar-refractivity contribution < 1.29 is 8.78 Å². The van der Waals surface area contributed by atoms with Gasteiger partial charge < -0.3 is 4.90 Å². The maximum atomic E-state index is 12.8. The lowest BCUT2D eigenvalue weighted by molar-refractivity contribution is -0.0269. The minimum atomic E-state index is -2.57. The van der Waals surface area contributed by atoms with Gasteiger partial charge in [-0.05, 0) is 18.2 Å². The van der Waals surface area contributed by atoms with E-state index in [1.54, 1.807) is 21.7 Å². The maximum Gasteiger partial charge on any atom is 0.282 e. The number of hydrogen-bond donors (Lipinski definition) is 0. The van der Waals surface area contributed by atoms with Crippen LogP contribution in [-0.2, 0) is 0 Å². The lowest BCUT2D eigenvalue weighted by Gasteiger charge is -2.40. The van der Waals surface area contributed by atoms with E-state index < -0.39 is 5.92 Å². The number of halogens is 3. The van der Waals surface area contributed by atoms with Crippen LogP contribution in [-0.4, -0.2) is 28.6 Å². The van der Waals surface area contributed by atoms with Crippen LogP contribution >= 0.6 is 15.9 Å². The van der Waals surface area contributed by atoms with E-state index in [4.69, 9.17) is 0 Å². The first-order valence-corrected chi connectivity index (χ1v) is 5.61. The van der Waals surface area contributed by atoms with Crippen LogP contribution < -0.4 is 4.90 Å². The quantitative estimate of drug-likeness (QED) is 0.804. The van der Waals surface area contributed by atoms with Crippen molar-refractivity contribution in [1.82, 2.24) is 9.61 Å². The maximum absolute atomic E-state index is 12.8. The fourth-order valence-electron chi connectivity index (χ4n) is 1.88. The average molecular weight is 288 g/mol. The Labute approximate surface area is 98.8 Å². The highest BCUT2D eigenvalue weighted by Gasteiger charge is 2.44. The molecule has 1 saturated heterocycles. The standard InChI is InChI=1S/C10H8BrF2N3/c11-7-3-8-1-2-14-16(8)9(4-7)15-5-10(12,13)6-15/h1-4H,5-6H2. The summed E-state index contributed by atoms with van der Waals surface area (Å²) in [4.78, 5) is 1.62. The summed E-state index contributed by atoms with van der Waals surface area (Å²) in [6, 6.07) is 5.54. The minimum Gasteiger partial charge on any atom is -0.344 e. The molecule has 0 unspecified atom stereocenters. The molecule has 1 fully saturated rings. The van der Waals surface area contributed by atoms with Gasteiger partial charge in [0, 0.05) is 4.47 Å². The normalized spacial score (nSPS) is 18.8. The van der Waals surface area contributed by atoms with Crippen LogP contribution in [0.1, 0.15) is 0 Å². The van der Waals surface area contributed by atoms with Gasteiger partial charge in [-0.3, -0.25) is 0 Å². The first-order valence-electron chi connectivity index (χ1n) is 4.81. The van der Waals surface area contributed by atoms with Crippen molar-refractivity contribution >= 4 is 27.3 Å². The molecular weight excluding hydrogens is 280 g/mol. The molecule has 0 aliphatic carbocycles. The van der Waals surface area contributed by atoms with Crippen LogP contribution in [0.5, 0.6) is 0 Å². The predicted octanol–water partition coefficient (Wildman–Crippen LogP) is 2.55. The monoisotopic (exact) mass is 287 g/mol. The summed E-state index contributed by atoms with van der Waals surface area (Å²) in [5.41, 5.74) is 0.889. The van der Waals surface area contributed by atoms with Crippen LogP contribution in [0.4, 0.5) is 14.6 Å². The summed E-state index contributed by atoms with van der Waals surface area (Å²) >= 11 is 3.36. The highest BCUT2D eigenvalue weighted by Crippen LogP contribution is 2.33. The molecule has 0 spiro atoms. The van der Waals surface area contributed by atoms with Crippen LogP contribution in [0.15, 0.2) is 28.9 Å². The number of pyridine rings is 1. The molecule has 6 heteroatoms. The summed E-state index contributed by atoms with van der Waals surface area (Å²) in [5, 5.41) is 4.12. The van der Waals surface area contributed by atoms with Gasteiger partial charge in [0.1, 0.15) is 5.82 Å². The SMILES string of the molecule is FC1(F)CN(c2cc(Br)cc3ccnn23)C1. The summed E-state index contributed by atoms with van der Waals surface area (Å²) < 4.78 is 28.2. The van der Waals surface area contributed by atoms with Crippen LogP contribution in [0.2, 0.25) is 0 Å². The lowest BCUT2D eigenvalue weighted by Crippen LogP contribution is -2.57. The predicted molar refractivity (Wildman–Crippen MR) is 60.1 cm³/mol. The van der Waals surface area contributed by atoms with Crippen molar-refractivity contribution in [3.8, 4) is 0 Å². The molecular formula is C10H8BrF2N3. The van der Waals surface area contributed by atoms with E-state index in [0.717, 1.165) is 9.99 Å². The third kappa shape index (κ3) is 1.48. The Balaban J connectivity index is 2.06. The van der Waals surface area contributed by atoms with E-state index in [1.165, 1.54) is 0 Å². The molecule has 16 heavy (non-hydrogen) atoms. The highest BCUT2D eigenvalue weighted by atomic mass is 79.9. The van der Waals surface area contributed by atoms with Crippen molar-refractivity contribution in [2.24, 2.45) is 0 Å². The van der Waals surface area contributed by atoms with Gasteiger partial charge in [-0.1, -0.05) is 15.9 Å². The molecule has 0 saturated carbocycles. The molecule has 3 heterocycles. The van der Waals surface area contributed by atoms with Gasteiger partial charge in [0.05, 0.1) is 24.8 Å². The van der Waals surface area contributed by atoms with E-state index in [2.05, 4.69) is 21.0 Å². The van der Waals surface area contributed by atoms with Crippen molar-refractivity contribution in [3.05, 3.63) is 28.9 Å². The third-order valence-corrected chi connectivity index (χ3v) is 3.07. The van der Waals surface area contributed by atoms with Gasteiger partial charge >= 0.3 is 0 Å². The van der Waals surface area contributed by atoms with Crippen LogP contribution in [0, 0.1) is 0 Å². The van der Waals surface area contributed by atoms with Gasteiger partial charge in [-0.25, -0.2) is 13.3 Å². The van der Waals surface area contributed by atoms with E-state index in [-0.39, 0.29) is 13.1 Å². The number of anilines is 1. The van der Waals surface area contributed by atoms with Gasteiger partial charge in [0.15, 0.2) is 0 Å². The number of rotatable bonds is 1. The molecule has 0 amide bonds. The molecule has 0 atom stereocenters. The molecule has 0 bridgehead atoms. The van der Waals surface area contributed by atoms with Gasteiger partial charge in [0.25, 0.3) is 5.92 Å². The van der Waals surface area contributed by atoms with E-state index in [1.807, 2.05) is 12.1 Å². The average Bonchev–Trinajstić information content (AvgIpc) is 2.60. The summed E-state index contributed by atoms with van der Waals surface area (Å²) in [7, 11) is 0. The lowest BCUT2D eigenvalue weighted by atomic mass is 10.1. The second-order valence-electron chi connectivity index (χ2n) is 3.91. The summed E-state index contributed by atoms with van der Waals surface area (Å²) in [5.74, 6) is -1.87. The second kappa shape index (κ2) is 3.16. The topological polar surface area (TPSA) is 20.5 Å². The smallest absolute Gasteiger partial charge is 0.282 e. The first-order chi connectivity index (χ1) is 7.55. The second-order valence-corrected chi connectivity index (χ2v) is 4.83. The molecule has 0 N–H and O–H groups in total.